The zero-order valence-corrected chi connectivity index (χ0v) is 18.1. The van der Waals surface area contributed by atoms with Crippen molar-refractivity contribution in [2.45, 2.75) is 40.2 Å². The van der Waals surface area contributed by atoms with E-state index in [9.17, 15) is 14.7 Å². The van der Waals surface area contributed by atoms with Gasteiger partial charge in [-0.3, -0.25) is 14.5 Å². The van der Waals surface area contributed by atoms with Crippen LogP contribution < -0.4 is 4.90 Å². The maximum atomic E-state index is 13.1. The molecule has 5 heteroatoms. The Morgan fingerprint density at radius 3 is 2.26 bits per heavy atom. The largest absolute Gasteiger partial charge is 0.507 e. The van der Waals surface area contributed by atoms with Crippen LogP contribution in [-0.2, 0) is 16.0 Å². The first-order chi connectivity index (χ1) is 14.8. The number of ketones is 1. The maximum Gasteiger partial charge on any atom is 0.300 e. The van der Waals surface area contributed by atoms with E-state index in [-0.39, 0.29) is 11.3 Å². The van der Waals surface area contributed by atoms with Crippen molar-refractivity contribution >= 4 is 23.1 Å². The second kappa shape index (κ2) is 7.91. The molecule has 1 unspecified atom stereocenters. The molecule has 1 N–H and O–H groups in total. The zero-order valence-electron chi connectivity index (χ0n) is 18.1. The molecule has 2 aromatic carbocycles. The molecule has 31 heavy (non-hydrogen) atoms. The van der Waals surface area contributed by atoms with E-state index < -0.39 is 17.7 Å². The molecule has 1 saturated heterocycles. The lowest BCUT2D eigenvalue weighted by molar-refractivity contribution is -0.132. The van der Waals surface area contributed by atoms with E-state index in [1.807, 2.05) is 50.2 Å². The topological polar surface area (TPSA) is 70.8 Å². The van der Waals surface area contributed by atoms with Gasteiger partial charge in [-0.15, -0.1) is 0 Å². The van der Waals surface area contributed by atoms with Crippen LogP contribution in [0.3, 0.4) is 0 Å². The van der Waals surface area contributed by atoms with Crippen molar-refractivity contribution in [3.05, 3.63) is 93.9 Å². The van der Waals surface area contributed by atoms with Gasteiger partial charge in [0.2, 0.25) is 0 Å². The third-order valence-corrected chi connectivity index (χ3v) is 5.88. The number of rotatable bonds is 4. The van der Waals surface area contributed by atoms with Crippen LogP contribution in [-0.4, -0.2) is 16.8 Å². The van der Waals surface area contributed by atoms with E-state index >= 15 is 0 Å². The fourth-order valence-corrected chi connectivity index (χ4v) is 3.90. The van der Waals surface area contributed by atoms with E-state index in [2.05, 4.69) is 6.92 Å². The van der Waals surface area contributed by atoms with Gasteiger partial charge in [-0.1, -0.05) is 31.2 Å². The van der Waals surface area contributed by atoms with Gasteiger partial charge in [0.1, 0.15) is 23.3 Å². The van der Waals surface area contributed by atoms with Gasteiger partial charge in [-0.2, -0.15) is 0 Å². The van der Waals surface area contributed by atoms with E-state index in [1.54, 1.807) is 25.1 Å². The predicted molar refractivity (Wildman–Crippen MR) is 120 cm³/mol. The van der Waals surface area contributed by atoms with Crippen molar-refractivity contribution in [1.29, 1.82) is 0 Å². The highest BCUT2D eigenvalue weighted by Gasteiger charge is 2.48. The first-order valence-electron chi connectivity index (χ1n) is 10.4. The molecule has 1 amide bonds. The van der Waals surface area contributed by atoms with Crippen molar-refractivity contribution in [3.8, 4) is 0 Å². The number of nitrogens with zero attached hydrogens (tertiary/aromatic N) is 1. The van der Waals surface area contributed by atoms with E-state index in [4.69, 9.17) is 4.42 Å². The summed E-state index contributed by atoms with van der Waals surface area (Å²) in [7, 11) is 0. The SMILES string of the molecule is CCc1ccc(N2C(=O)C(=O)/C(=C(\O)c3ccc(C)c(C)c3)C2c2ccc(C)o2)cc1. The minimum absolute atomic E-state index is 0.0298. The minimum atomic E-state index is -0.845. The molecule has 0 aliphatic carbocycles. The summed E-state index contributed by atoms with van der Waals surface area (Å²) in [5.41, 5.74) is 4.29. The molecule has 0 spiro atoms. The summed E-state index contributed by atoms with van der Waals surface area (Å²) in [6.45, 7) is 7.77. The highest BCUT2D eigenvalue weighted by atomic mass is 16.3. The number of aliphatic hydroxyl groups excluding tert-OH is 1. The Labute approximate surface area is 181 Å². The lowest BCUT2D eigenvalue weighted by atomic mass is 9.97. The Kier molecular flexibility index (Phi) is 5.27. The number of aryl methyl sites for hydroxylation is 4. The Balaban J connectivity index is 1.91. The molecule has 2 heterocycles. The van der Waals surface area contributed by atoms with E-state index in [0.29, 0.717) is 22.8 Å². The fourth-order valence-electron chi connectivity index (χ4n) is 3.90. The van der Waals surface area contributed by atoms with E-state index in [0.717, 1.165) is 23.1 Å². The number of hydrogen-bond acceptors (Lipinski definition) is 4. The highest BCUT2D eigenvalue weighted by Crippen LogP contribution is 2.42. The summed E-state index contributed by atoms with van der Waals surface area (Å²) in [5, 5.41) is 11.1. The summed E-state index contributed by atoms with van der Waals surface area (Å²) in [4.78, 5) is 27.6. The van der Waals surface area contributed by atoms with Crippen LogP contribution in [0.15, 0.2) is 64.6 Å². The molecule has 1 fully saturated rings. The number of benzene rings is 2. The molecular weight excluding hydrogens is 390 g/mol. The van der Waals surface area contributed by atoms with Gasteiger partial charge in [-0.05, 0) is 74.2 Å². The number of carbonyl (C=O) groups excluding carboxylic acids is 2. The Bertz CT molecular complexity index is 1200. The van der Waals surface area contributed by atoms with Crippen molar-refractivity contribution in [2.75, 3.05) is 4.90 Å². The second-order valence-corrected chi connectivity index (χ2v) is 7.94. The summed E-state index contributed by atoms with van der Waals surface area (Å²) in [6, 6.07) is 15.7. The molecule has 4 rings (SSSR count). The third-order valence-electron chi connectivity index (χ3n) is 5.88. The van der Waals surface area contributed by atoms with E-state index in [1.165, 1.54) is 4.90 Å². The van der Waals surface area contributed by atoms with Gasteiger partial charge in [0.15, 0.2) is 0 Å². The van der Waals surface area contributed by atoms with Crippen LogP contribution >= 0.6 is 0 Å². The third kappa shape index (κ3) is 3.56. The molecule has 1 atom stereocenters. The van der Waals surface area contributed by atoms with Crippen molar-refractivity contribution in [2.24, 2.45) is 0 Å². The summed E-state index contributed by atoms with van der Waals surface area (Å²) < 4.78 is 5.83. The number of carbonyl (C=O) groups is 2. The molecule has 0 saturated carbocycles. The van der Waals surface area contributed by atoms with Crippen LogP contribution in [0.25, 0.3) is 5.76 Å². The first-order valence-corrected chi connectivity index (χ1v) is 10.4. The van der Waals surface area contributed by atoms with Crippen LogP contribution in [0.2, 0.25) is 0 Å². The van der Waals surface area contributed by atoms with Gasteiger partial charge in [0.05, 0.1) is 5.57 Å². The van der Waals surface area contributed by atoms with Crippen molar-refractivity contribution < 1.29 is 19.1 Å². The molecule has 158 valence electrons. The second-order valence-electron chi connectivity index (χ2n) is 7.94. The molecule has 1 aliphatic rings. The van der Waals surface area contributed by atoms with Crippen molar-refractivity contribution in [1.82, 2.24) is 0 Å². The lowest BCUT2D eigenvalue weighted by Crippen LogP contribution is -2.29. The lowest BCUT2D eigenvalue weighted by Gasteiger charge is -2.23. The number of aliphatic hydroxyl groups is 1. The van der Waals surface area contributed by atoms with Crippen LogP contribution in [0, 0.1) is 20.8 Å². The Hall–Kier alpha value is -3.60. The number of amides is 1. The molecular formula is C26H25NO4. The van der Waals surface area contributed by atoms with Crippen molar-refractivity contribution in [3.63, 3.8) is 0 Å². The van der Waals surface area contributed by atoms with Crippen LogP contribution in [0.4, 0.5) is 5.69 Å². The normalized spacial score (nSPS) is 18.1. The smallest absolute Gasteiger partial charge is 0.300 e. The minimum Gasteiger partial charge on any atom is -0.507 e. The zero-order chi connectivity index (χ0) is 22.3. The van der Waals surface area contributed by atoms with Gasteiger partial charge >= 0.3 is 0 Å². The van der Waals surface area contributed by atoms with Gasteiger partial charge < -0.3 is 9.52 Å². The molecule has 1 aliphatic heterocycles. The number of furan rings is 1. The molecule has 5 nitrogen and oxygen atoms in total. The molecule has 1 aromatic heterocycles. The standard InChI is InChI=1S/C26H25NO4/c1-5-18-8-11-20(12-9-18)27-23(21-13-7-17(4)31-21)22(25(29)26(27)30)24(28)19-10-6-15(2)16(3)14-19/h6-14,23,28H,5H2,1-4H3/b24-22-. The van der Waals surface area contributed by atoms with Gasteiger partial charge in [0, 0.05) is 11.3 Å². The number of anilines is 1. The molecule has 0 bridgehead atoms. The highest BCUT2D eigenvalue weighted by molar-refractivity contribution is 6.51. The monoisotopic (exact) mass is 415 g/mol. The maximum absolute atomic E-state index is 13.1. The van der Waals surface area contributed by atoms with Gasteiger partial charge in [0.25, 0.3) is 11.7 Å². The first kappa shape index (κ1) is 20.7. The Morgan fingerprint density at radius 2 is 1.68 bits per heavy atom. The predicted octanol–water partition coefficient (Wildman–Crippen LogP) is 5.39. The number of Topliss-reactive ketones (excluding diaryl/α,β-unsaturated/α-hetero) is 1. The average molecular weight is 415 g/mol. The van der Waals surface area contributed by atoms with Crippen LogP contribution in [0.5, 0.6) is 0 Å². The van der Waals surface area contributed by atoms with Crippen LogP contribution in [0.1, 0.15) is 46.7 Å². The fraction of sp³-hybridized carbons (Fsp3) is 0.231. The summed E-state index contributed by atoms with van der Waals surface area (Å²) >= 11 is 0. The average Bonchev–Trinajstić information content (AvgIpc) is 3.30. The van der Waals surface area contributed by atoms with Gasteiger partial charge in [-0.25, -0.2) is 0 Å². The number of hydrogen-bond donors (Lipinski definition) is 1. The molecule has 3 aromatic rings. The summed E-state index contributed by atoms with van der Waals surface area (Å²) in [6.07, 6.45) is 0.868. The Morgan fingerprint density at radius 1 is 0.968 bits per heavy atom. The molecule has 0 radical (unpaired) electrons. The quantitative estimate of drug-likeness (QED) is 0.352. The summed E-state index contributed by atoms with van der Waals surface area (Å²) in [5.74, 6) is -0.522.